The third-order valence-electron chi connectivity index (χ3n) is 4.64. The fourth-order valence-corrected chi connectivity index (χ4v) is 2.98. The Kier molecular flexibility index (Phi) is 5.15. The zero-order chi connectivity index (χ0) is 19.5. The van der Waals surface area contributed by atoms with Gasteiger partial charge in [-0.05, 0) is 50.1 Å². The molecule has 1 saturated carbocycles. The number of ether oxygens (including phenoxy) is 1. The second-order valence-electron chi connectivity index (χ2n) is 6.93. The molecule has 2 unspecified atom stereocenters. The normalized spacial score (nSPS) is 19.0. The van der Waals surface area contributed by atoms with Crippen molar-refractivity contribution in [2.45, 2.75) is 32.1 Å². The Labute approximate surface area is 163 Å². The maximum absolute atomic E-state index is 9.72. The fraction of sp³-hybridized carbons (Fsp3) is 0.333. The van der Waals surface area contributed by atoms with E-state index in [9.17, 15) is 5.11 Å². The van der Waals surface area contributed by atoms with Crippen molar-refractivity contribution in [1.82, 2.24) is 14.7 Å². The van der Waals surface area contributed by atoms with Crippen molar-refractivity contribution < 1.29 is 14.4 Å². The number of rotatable bonds is 6. The van der Waals surface area contributed by atoms with Crippen LogP contribution in [-0.4, -0.2) is 32.5 Å². The van der Waals surface area contributed by atoms with Gasteiger partial charge in [-0.2, -0.15) is 0 Å². The van der Waals surface area contributed by atoms with Crippen LogP contribution >= 0.6 is 0 Å². The summed E-state index contributed by atoms with van der Waals surface area (Å²) in [6.07, 6.45) is 4.08. The van der Waals surface area contributed by atoms with Crippen molar-refractivity contribution in [2.24, 2.45) is 11.7 Å². The molecule has 1 aromatic carbocycles. The molecule has 1 aliphatic rings. The summed E-state index contributed by atoms with van der Waals surface area (Å²) in [5.74, 6) is 8.43. The van der Waals surface area contributed by atoms with E-state index in [2.05, 4.69) is 22.0 Å². The van der Waals surface area contributed by atoms with Gasteiger partial charge in [0.15, 0.2) is 0 Å². The number of benzene rings is 1. The Morgan fingerprint density at radius 2 is 2.18 bits per heavy atom. The highest BCUT2D eigenvalue weighted by molar-refractivity contribution is 5.42. The Hall–Kier alpha value is -3.08. The third kappa shape index (κ3) is 4.25. The highest BCUT2D eigenvalue weighted by Crippen LogP contribution is 2.33. The molecule has 28 heavy (non-hydrogen) atoms. The van der Waals surface area contributed by atoms with Gasteiger partial charge in [0.25, 0.3) is 0 Å². The maximum atomic E-state index is 9.72. The number of aliphatic hydroxyl groups is 1. The van der Waals surface area contributed by atoms with Crippen molar-refractivity contribution in [2.75, 3.05) is 6.54 Å². The summed E-state index contributed by atoms with van der Waals surface area (Å²) in [7, 11) is 0. The summed E-state index contributed by atoms with van der Waals surface area (Å²) in [4.78, 5) is 4.14. The van der Waals surface area contributed by atoms with Crippen LogP contribution in [0.3, 0.4) is 0 Å². The molecule has 1 aliphatic carbocycles. The maximum Gasteiger partial charge on any atom is 0.210 e. The van der Waals surface area contributed by atoms with Gasteiger partial charge < -0.3 is 24.7 Å². The first-order chi connectivity index (χ1) is 13.6. The predicted octanol–water partition coefficient (Wildman–Crippen LogP) is 2.10. The first-order valence-corrected chi connectivity index (χ1v) is 9.26. The standard InChI is InChI=1S/C21H22N4O3/c1-14(26)21-23-8-9-25(21)13-17-11-19(28-24-17)7-4-15-2-5-18(6-3-15)27-20-10-16(20)12-22/h2-3,5-6,8-9,11,14,16,20,26H,10,12-13,22H2,1H3/t14-,16?,20?/m0/s1. The number of nitrogens with two attached hydrogens (primary N) is 1. The number of aromatic nitrogens is 3. The fourth-order valence-electron chi connectivity index (χ4n) is 2.98. The van der Waals surface area contributed by atoms with Crippen molar-refractivity contribution in [3.63, 3.8) is 0 Å². The highest BCUT2D eigenvalue weighted by atomic mass is 16.5. The number of hydrogen-bond donors (Lipinski definition) is 2. The minimum Gasteiger partial charge on any atom is -0.490 e. The number of nitrogens with zero attached hydrogens (tertiary/aromatic N) is 3. The smallest absolute Gasteiger partial charge is 0.210 e. The topological polar surface area (TPSA) is 99.3 Å². The minimum absolute atomic E-state index is 0.249. The van der Waals surface area contributed by atoms with E-state index in [1.807, 2.05) is 28.8 Å². The van der Waals surface area contributed by atoms with Crippen LogP contribution in [0, 0.1) is 17.8 Å². The molecule has 3 aromatic rings. The van der Waals surface area contributed by atoms with Crippen LogP contribution in [0.15, 0.2) is 47.2 Å². The Balaban J connectivity index is 1.38. The first-order valence-electron chi connectivity index (χ1n) is 9.26. The van der Waals surface area contributed by atoms with Gasteiger partial charge in [-0.3, -0.25) is 0 Å². The van der Waals surface area contributed by atoms with Crippen LogP contribution in [0.1, 0.15) is 42.3 Å². The molecule has 2 heterocycles. The number of imidazole rings is 1. The second-order valence-corrected chi connectivity index (χ2v) is 6.93. The van der Waals surface area contributed by atoms with E-state index < -0.39 is 6.10 Å². The molecule has 3 atom stereocenters. The van der Waals surface area contributed by atoms with E-state index >= 15 is 0 Å². The molecule has 0 saturated heterocycles. The van der Waals surface area contributed by atoms with Crippen LogP contribution in [0.2, 0.25) is 0 Å². The summed E-state index contributed by atoms with van der Waals surface area (Å²) in [6.45, 7) is 2.81. The molecule has 0 bridgehead atoms. The number of aliphatic hydroxyl groups excluding tert-OH is 1. The predicted molar refractivity (Wildman–Crippen MR) is 102 cm³/mol. The van der Waals surface area contributed by atoms with Gasteiger partial charge in [0.05, 0.1) is 6.54 Å². The zero-order valence-corrected chi connectivity index (χ0v) is 15.6. The van der Waals surface area contributed by atoms with Crippen molar-refractivity contribution in [3.8, 4) is 17.6 Å². The Morgan fingerprint density at radius 1 is 1.36 bits per heavy atom. The summed E-state index contributed by atoms with van der Waals surface area (Å²) in [5, 5.41) is 13.8. The van der Waals surface area contributed by atoms with Gasteiger partial charge in [0.1, 0.15) is 29.5 Å². The van der Waals surface area contributed by atoms with Crippen LogP contribution in [0.25, 0.3) is 0 Å². The lowest BCUT2D eigenvalue weighted by Crippen LogP contribution is -2.08. The van der Waals surface area contributed by atoms with Gasteiger partial charge in [-0.1, -0.05) is 11.1 Å². The van der Waals surface area contributed by atoms with Crippen molar-refractivity contribution >= 4 is 0 Å². The molecule has 2 aromatic heterocycles. The van der Waals surface area contributed by atoms with E-state index in [1.165, 1.54) is 0 Å². The molecule has 1 fully saturated rings. The van der Waals surface area contributed by atoms with Gasteiger partial charge >= 0.3 is 0 Å². The van der Waals surface area contributed by atoms with Crippen molar-refractivity contribution in [1.29, 1.82) is 0 Å². The molecule has 0 aliphatic heterocycles. The quantitative estimate of drug-likeness (QED) is 0.637. The summed E-state index contributed by atoms with van der Waals surface area (Å²) < 4.78 is 13.0. The minimum atomic E-state index is -0.644. The van der Waals surface area contributed by atoms with Crippen LogP contribution in [0.5, 0.6) is 5.75 Å². The third-order valence-corrected chi connectivity index (χ3v) is 4.64. The average molecular weight is 378 g/mol. The lowest BCUT2D eigenvalue weighted by atomic mass is 10.2. The van der Waals surface area contributed by atoms with E-state index in [0.29, 0.717) is 36.3 Å². The van der Waals surface area contributed by atoms with Gasteiger partial charge in [-0.15, -0.1) is 0 Å². The first kappa shape index (κ1) is 18.3. The molecule has 4 rings (SSSR count). The monoisotopic (exact) mass is 378 g/mol. The van der Waals surface area contributed by atoms with Crippen LogP contribution in [-0.2, 0) is 6.54 Å². The second kappa shape index (κ2) is 7.89. The SMILES string of the molecule is C[C@H](O)c1nccn1Cc1cc(C#Cc2ccc(OC3CC3CN)cc2)on1. The molecule has 3 N–H and O–H groups in total. The lowest BCUT2D eigenvalue weighted by Gasteiger charge is -2.07. The average Bonchev–Trinajstić information content (AvgIpc) is 3.05. The molecule has 0 spiro atoms. The Bertz CT molecular complexity index is 995. The van der Waals surface area contributed by atoms with Crippen LogP contribution in [0.4, 0.5) is 0 Å². The molecule has 7 heteroatoms. The summed E-state index contributed by atoms with van der Waals surface area (Å²) in [5.41, 5.74) is 7.21. The molecular weight excluding hydrogens is 356 g/mol. The zero-order valence-electron chi connectivity index (χ0n) is 15.6. The summed E-state index contributed by atoms with van der Waals surface area (Å²) in [6, 6.07) is 9.45. The van der Waals surface area contributed by atoms with Crippen LogP contribution < -0.4 is 10.5 Å². The van der Waals surface area contributed by atoms with E-state index in [-0.39, 0.29) is 6.10 Å². The van der Waals surface area contributed by atoms with Gasteiger partial charge in [0, 0.05) is 29.9 Å². The van der Waals surface area contributed by atoms with Crippen molar-refractivity contribution in [3.05, 3.63) is 65.6 Å². The molecule has 144 valence electrons. The molecule has 0 radical (unpaired) electrons. The highest BCUT2D eigenvalue weighted by Gasteiger charge is 2.38. The lowest BCUT2D eigenvalue weighted by molar-refractivity contribution is 0.184. The molecule has 7 nitrogen and oxygen atoms in total. The van der Waals surface area contributed by atoms with Gasteiger partial charge in [-0.25, -0.2) is 4.98 Å². The summed E-state index contributed by atoms with van der Waals surface area (Å²) >= 11 is 0. The molecular formula is C21H22N4O3. The van der Waals surface area contributed by atoms with Gasteiger partial charge in [0.2, 0.25) is 5.76 Å². The van der Waals surface area contributed by atoms with E-state index in [1.54, 1.807) is 25.4 Å². The van der Waals surface area contributed by atoms with E-state index in [4.69, 9.17) is 15.0 Å². The molecule has 0 amide bonds. The Morgan fingerprint density at radius 3 is 2.89 bits per heavy atom. The largest absolute Gasteiger partial charge is 0.490 e. The van der Waals surface area contributed by atoms with E-state index in [0.717, 1.165) is 17.7 Å². The number of hydrogen-bond acceptors (Lipinski definition) is 6.